The molecule has 2 heterocycles. The number of carbonyl (C=O) groups is 7. The van der Waals surface area contributed by atoms with Gasteiger partial charge in [-0.3, -0.25) is 19.2 Å². The van der Waals surface area contributed by atoms with Gasteiger partial charge in [0.05, 0.1) is 30.6 Å². The number of ether oxygens (including phenoxy) is 4. The number of Topliss-reactive ketones (excluding diaryl/α,β-unsaturated/α-hetero) is 2. The van der Waals surface area contributed by atoms with E-state index in [-0.39, 0.29) is 71.5 Å². The van der Waals surface area contributed by atoms with E-state index in [2.05, 4.69) is 36.7 Å². The highest BCUT2D eigenvalue weighted by Crippen LogP contribution is 2.41. The molecule has 0 saturated heterocycles. The number of hydrogen-bond donors (Lipinski definition) is 4. The first kappa shape index (κ1) is 59.4. The molecule has 0 unspecified atom stereocenters. The highest BCUT2D eigenvalue weighted by Gasteiger charge is 2.37. The van der Waals surface area contributed by atoms with Gasteiger partial charge in [0.15, 0.2) is 29.0 Å². The molecule has 0 aliphatic carbocycles. The lowest BCUT2D eigenvalue weighted by Crippen LogP contribution is -2.46. The van der Waals surface area contributed by atoms with Crippen LogP contribution in [0.15, 0.2) is 54.6 Å². The number of carbonyl (C=O) groups excluding carboxylic acids is 7. The van der Waals surface area contributed by atoms with Crippen molar-refractivity contribution in [3.63, 3.8) is 0 Å². The summed E-state index contributed by atoms with van der Waals surface area (Å²) in [6, 6.07) is 11.8. The summed E-state index contributed by atoms with van der Waals surface area (Å²) in [7, 11) is 2.49. The number of esters is 1. The number of likely N-dealkylation sites (N-methyl/N-ethyl adjacent to an activating group) is 1. The van der Waals surface area contributed by atoms with Gasteiger partial charge >= 0.3 is 18.2 Å². The van der Waals surface area contributed by atoms with E-state index in [1.807, 2.05) is 24.3 Å². The third-order valence-corrected chi connectivity index (χ3v) is 12.5. The van der Waals surface area contributed by atoms with E-state index < -0.39 is 101 Å². The Morgan fingerprint density at radius 3 is 1.99 bits per heavy atom. The first-order chi connectivity index (χ1) is 35.4. The standard InChI is InChI=1S/C57H73FN6O12/c1-31-25-44(66)47(36-17-20-45(74-24-23-60-54(72)76-57(10,11)12)39(29-36)40-26-34(27-41(58)48(40)67)28-42(52(70)73-14)63-50(31)68)64(13)51(69)37(21-22-59-53(71)75-56(7,8)9)30-43(65)46-32(2)61-49(62-33(46)3)35-15-18-38(19-16-35)55(4,5)6/h15-20,26-27,29,31,37,42,47,67H,21-25,28,30H2,1-14H3,(H,59,71)(H,60,72)(H,63,68)/t31-,37-,42+,47+/m1/s1. The molecule has 4 N–H and O–H groups in total. The van der Waals surface area contributed by atoms with Crippen LogP contribution >= 0.6 is 0 Å². The third-order valence-electron chi connectivity index (χ3n) is 12.5. The number of alkyl carbamates (subject to hydrolysis) is 2. The minimum atomic E-state index is -1.49. The van der Waals surface area contributed by atoms with Crippen LogP contribution in [-0.4, -0.2) is 113 Å². The molecule has 0 fully saturated rings. The molecule has 4 amide bonds. The summed E-state index contributed by atoms with van der Waals surface area (Å²) in [6.45, 7) is 21.1. The second-order valence-electron chi connectivity index (χ2n) is 22.2. The van der Waals surface area contributed by atoms with Crippen molar-refractivity contribution >= 4 is 41.5 Å². The summed E-state index contributed by atoms with van der Waals surface area (Å²) in [5.74, 6) is -7.08. The van der Waals surface area contributed by atoms with Gasteiger partial charge in [0.1, 0.15) is 35.6 Å². The number of phenolic OH excluding ortho intramolecular Hbond substituents is 1. The third kappa shape index (κ3) is 15.8. The van der Waals surface area contributed by atoms with Crippen LogP contribution in [0.25, 0.3) is 22.5 Å². The van der Waals surface area contributed by atoms with Crippen molar-refractivity contribution in [2.45, 2.75) is 137 Å². The van der Waals surface area contributed by atoms with Crippen molar-refractivity contribution in [3.8, 4) is 34.0 Å². The molecule has 4 bridgehead atoms. The van der Waals surface area contributed by atoms with Gasteiger partial charge in [0.2, 0.25) is 11.8 Å². The van der Waals surface area contributed by atoms with E-state index in [1.165, 1.54) is 38.2 Å². The summed E-state index contributed by atoms with van der Waals surface area (Å²) in [4.78, 5) is 107. The zero-order valence-corrected chi connectivity index (χ0v) is 46.1. The van der Waals surface area contributed by atoms with E-state index in [9.17, 15) is 33.9 Å². The van der Waals surface area contributed by atoms with Crippen molar-refractivity contribution in [2.75, 3.05) is 33.9 Å². The Labute approximate surface area is 444 Å². The number of amides is 4. The Morgan fingerprint density at radius 2 is 1.42 bits per heavy atom. The Morgan fingerprint density at radius 1 is 0.829 bits per heavy atom. The fourth-order valence-corrected chi connectivity index (χ4v) is 8.76. The predicted octanol–water partition coefficient (Wildman–Crippen LogP) is 8.59. The number of benzene rings is 3. The molecule has 19 heteroatoms. The average Bonchev–Trinajstić information content (AvgIpc) is 3.31. The number of methoxy groups -OCH3 is 1. The summed E-state index contributed by atoms with van der Waals surface area (Å²) >= 11 is 0. The lowest BCUT2D eigenvalue weighted by Gasteiger charge is -2.32. The van der Waals surface area contributed by atoms with Crippen molar-refractivity contribution < 1.29 is 62.0 Å². The molecule has 0 radical (unpaired) electrons. The number of nitrogens with one attached hydrogen (secondary N) is 3. The first-order valence-corrected chi connectivity index (χ1v) is 25.3. The van der Waals surface area contributed by atoms with Crippen molar-refractivity contribution in [1.82, 2.24) is 30.8 Å². The van der Waals surface area contributed by atoms with Crippen LogP contribution in [-0.2, 0) is 45.2 Å². The quantitative estimate of drug-likeness (QED) is 0.0400. The zero-order chi connectivity index (χ0) is 56.6. The maximum Gasteiger partial charge on any atom is 0.407 e. The van der Waals surface area contributed by atoms with Crippen molar-refractivity contribution in [1.29, 1.82) is 0 Å². The van der Waals surface area contributed by atoms with Crippen molar-refractivity contribution in [3.05, 3.63) is 94.1 Å². The number of aryl methyl sites for hydroxylation is 2. The number of aromatic hydroxyl groups is 1. The first-order valence-electron chi connectivity index (χ1n) is 25.3. The lowest BCUT2D eigenvalue weighted by atomic mass is 9.86. The SMILES string of the molecule is COC(=O)[C@@H]1Cc2cc(F)c(O)c(c2)-c2cc(ccc2OCCNC(=O)OC(C)(C)C)[C@H](N(C)C(=O)[C@H](CCNC(=O)OC(C)(C)C)CC(=O)c2c(C)nc(-c3ccc(C(C)(C)C)cc3)nc2C)C(=O)C[C@@H](C)C(=O)N1. The fraction of sp³-hybridized carbons (Fsp3) is 0.491. The molecule has 4 atom stereocenters. The van der Waals surface area contributed by atoms with Gasteiger partial charge in [0, 0.05) is 61.4 Å². The maximum absolute atomic E-state index is 15.9. The Hall–Kier alpha value is -7.44. The van der Waals surface area contributed by atoms with Crippen LogP contribution < -0.4 is 20.7 Å². The number of nitrogens with zero attached hydrogens (tertiary/aromatic N) is 3. The largest absolute Gasteiger partial charge is 0.504 e. The van der Waals surface area contributed by atoms with Crippen LogP contribution in [0.3, 0.4) is 0 Å². The minimum Gasteiger partial charge on any atom is -0.504 e. The van der Waals surface area contributed by atoms with Gasteiger partial charge < -0.3 is 44.9 Å². The lowest BCUT2D eigenvalue weighted by molar-refractivity contribution is -0.146. The van der Waals surface area contributed by atoms with Gasteiger partial charge in [-0.05, 0) is 108 Å². The number of rotatable bonds is 14. The van der Waals surface area contributed by atoms with Gasteiger partial charge in [-0.25, -0.2) is 28.7 Å². The summed E-state index contributed by atoms with van der Waals surface area (Å²) in [5, 5.41) is 19.2. The highest BCUT2D eigenvalue weighted by atomic mass is 19.1. The van der Waals surface area contributed by atoms with Crippen molar-refractivity contribution in [2.24, 2.45) is 11.8 Å². The fourth-order valence-electron chi connectivity index (χ4n) is 8.76. The van der Waals surface area contributed by atoms with Crippen LogP contribution in [0.1, 0.15) is 133 Å². The van der Waals surface area contributed by atoms with Gasteiger partial charge in [-0.2, -0.15) is 0 Å². The normalized spacial score (nSPS) is 16.5. The Kier molecular flexibility index (Phi) is 19.1. The van der Waals surface area contributed by atoms with Gasteiger partial charge in [-0.1, -0.05) is 58.0 Å². The van der Waals surface area contributed by atoms with Gasteiger partial charge in [-0.15, -0.1) is 0 Å². The second kappa shape index (κ2) is 24.5. The Balaban J connectivity index is 1.61. The number of fused-ring (bicyclic) bond motifs is 5. The molecule has 410 valence electrons. The molecule has 0 saturated carbocycles. The van der Waals surface area contributed by atoms with E-state index in [4.69, 9.17) is 28.9 Å². The number of ketones is 2. The molecule has 1 aliphatic rings. The molecule has 76 heavy (non-hydrogen) atoms. The average molecular weight is 1050 g/mol. The molecule has 4 aromatic rings. The summed E-state index contributed by atoms with van der Waals surface area (Å²) in [6.07, 6.45) is -2.70. The summed E-state index contributed by atoms with van der Waals surface area (Å²) in [5.41, 5.74) is 1.36. The maximum atomic E-state index is 15.9. The topological polar surface area (TPSA) is 242 Å². The van der Waals surface area contributed by atoms with Crippen LogP contribution in [0.5, 0.6) is 11.5 Å². The number of aromatic nitrogens is 2. The molecule has 0 spiro atoms. The van der Waals surface area contributed by atoms with E-state index in [0.29, 0.717) is 17.2 Å². The number of hydrogen-bond acceptors (Lipinski definition) is 14. The molecule has 1 aliphatic heterocycles. The van der Waals surface area contributed by atoms with Crippen LogP contribution in [0.2, 0.25) is 0 Å². The molecule has 3 aromatic carbocycles. The smallest absolute Gasteiger partial charge is 0.407 e. The molecule has 18 nitrogen and oxygen atoms in total. The predicted molar refractivity (Wildman–Crippen MR) is 282 cm³/mol. The van der Waals surface area contributed by atoms with E-state index in [1.54, 1.807) is 55.4 Å². The van der Waals surface area contributed by atoms with Crippen LogP contribution in [0.4, 0.5) is 14.0 Å². The molecule has 1 aromatic heterocycles. The highest BCUT2D eigenvalue weighted by molar-refractivity contribution is 6.01. The summed E-state index contributed by atoms with van der Waals surface area (Å²) < 4.78 is 37.8. The van der Waals surface area contributed by atoms with E-state index in [0.717, 1.165) is 29.2 Å². The minimum absolute atomic E-state index is 0.0447. The molecular weight excluding hydrogens is 980 g/mol. The zero-order valence-electron chi connectivity index (χ0n) is 46.1. The second-order valence-corrected chi connectivity index (χ2v) is 22.2. The van der Waals surface area contributed by atoms with Gasteiger partial charge in [0.25, 0.3) is 0 Å². The molecule has 5 rings (SSSR count). The number of phenols is 1. The monoisotopic (exact) mass is 1050 g/mol. The van der Waals surface area contributed by atoms with Crippen LogP contribution in [0, 0.1) is 31.5 Å². The van der Waals surface area contributed by atoms with E-state index >= 15 is 9.18 Å². The molecular formula is C57H73FN6O12. The number of halogens is 1. The Bertz CT molecular complexity index is 2810.